The minimum Gasteiger partial charge on any atom is -0.339 e. The first-order valence-electron chi connectivity index (χ1n) is 4.75. The molecular weight excluding hydrogens is 169 g/mol. The van der Waals surface area contributed by atoms with Gasteiger partial charge in [-0.3, -0.25) is 4.79 Å². The maximum atomic E-state index is 11.7. The Balaban J connectivity index is 2.36. The summed E-state index contributed by atoms with van der Waals surface area (Å²) >= 11 is 0. The lowest BCUT2D eigenvalue weighted by atomic mass is 9.99. The first-order valence-corrected chi connectivity index (χ1v) is 4.75. The molecule has 1 saturated heterocycles. The van der Waals surface area contributed by atoms with Crippen LogP contribution in [0.4, 0.5) is 4.39 Å². The third kappa shape index (κ3) is 3.17. The van der Waals surface area contributed by atoms with E-state index in [9.17, 15) is 9.18 Å². The molecule has 0 spiro atoms. The Labute approximate surface area is 78.4 Å². The Bertz CT molecular complexity index is 195. The van der Waals surface area contributed by atoms with Gasteiger partial charge in [0.05, 0.1) is 0 Å². The van der Waals surface area contributed by atoms with Gasteiger partial charge in [0, 0.05) is 19.2 Å². The summed E-state index contributed by atoms with van der Waals surface area (Å²) in [5.41, 5.74) is 0. The van der Waals surface area contributed by atoms with Crippen LogP contribution >= 0.6 is 0 Å². The zero-order valence-electron chi connectivity index (χ0n) is 8.00. The zero-order valence-corrected chi connectivity index (χ0v) is 8.00. The van der Waals surface area contributed by atoms with Crippen molar-refractivity contribution in [1.82, 2.24) is 4.90 Å². The molecule has 0 saturated carbocycles. The van der Waals surface area contributed by atoms with E-state index < -0.39 is 6.67 Å². The molecule has 0 aliphatic carbocycles. The molecule has 0 atom stereocenters. The van der Waals surface area contributed by atoms with Gasteiger partial charge in [-0.1, -0.05) is 6.92 Å². The minimum atomic E-state index is -0.560. The van der Waals surface area contributed by atoms with Crippen LogP contribution in [0.1, 0.15) is 19.8 Å². The minimum absolute atomic E-state index is 0.0513. The standard InChI is InChI=1S/C10H16FNO/c1-9-4-7-12(8-5-9)10(13)3-2-6-11/h2-3,9H,4-8H2,1H3/b3-2+. The van der Waals surface area contributed by atoms with E-state index in [4.69, 9.17) is 0 Å². The molecule has 13 heavy (non-hydrogen) atoms. The Hall–Kier alpha value is -0.860. The molecule has 3 heteroatoms. The number of hydrogen-bond acceptors (Lipinski definition) is 1. The lowest BCUT2D eigenvalue weighted by Gasteiger charge is -2.29. The van der Waals surface area contributed by atoms with E-state index >= 15 is 0 Å². The van der Waals surface area contributed by atoms with Crippen LogP contribution in [0.5, 0.6) is 0 Å². The van der Waals surface area contributed by atoms with Crippen LogP contribution in [0.15, 0.2) is 12.2 Å². The normalized spacial score (nSPS) is 19.7. The van der Waals surface area contributed by atoms with Crippen molar-refractivity contribution in [2.45, 2.75) is 19.8 Å². The Morgan fingerprint density at radius 1 is 1.54 bits per heavy atom. The number of piperidine rings is 1. The maximum Gasteiger partial charge on any atom is 0.246 e. The van der Waals surface area contributed by atoms with Crippen molar-refractivity contribution in [3.05, 3.63) is 12.2 Å². The van der Waals surface area contributed by atoms with Crippen LogP contribution in [-0.2, 0) is 4.79 Å². The molecular formula is C10H16FNO. The second-order valence-electron chi connectivity index (χ2n) is 3.56. The van der Waals surface area contributed by atoms with Gasteiger partial charge in [-0.2, -0.15) is 0 Å². The highest BCUT2D eigenvalue weighted by molar-refractivity contribution is 5.87. The molecule has 0 N–H and O–H groups in total. The van der Waals surface area contributed by atoms with Gasteiger partial charge in [0.15, 0.2) is 0 Å². The molecule has 1 rings (SSSR count). The van der Waals surface area contributed by atoms with Gasteiger partial charge in [0.2, 0.25) is 5.91 Å². The summed E-state index contributed by atoms with van der Waals surface area (Å²) in [5.74, 6) is 0.666. The second-order valence-corrected chi connectivity index (χ2v) is 3.56. The molecule has 0 aromatic rings. The summed E-state index contributed by atoms with van der Waals surface area (Å²) in [6, 6.07) is 0. The van der Waals surface area contributed by atoms with Gasteiger partial charge in [0.1, 0.15) is 6.67 Å². The van der Waals surface area contributed by atoms with Crippen molar-refractivity contribution in [1.29, 1.82) is 0 Å². The van der Waals surface area contributed by atoms with E-state index in [0.29, 0.717) is 5.92 Å². The van der Waals surface area contributed by atoms with Gasteiger partial charge in [-0.05, 0) is 24.8 Å². The fourth-order valence-electron chi connectivity index (χ4n) is 1.48. The molecule has 0 bridgehead atoms. The zero-order chi connectivity index (χ0) is 9.68. The molecule has 1 aliphatic heterocycles. The number of halogens is 1. The van der Waals surface area contributed by atoms with Crippen molar-refractivity contribution in [2.24, 2.45) is 5.92 Å². The molecule has 1 fully saturated rings. The largest absolute Gasteiger partial charge is 0.339 e. The van der Waals surface area contributed by atoms with Crippen molar-refractivity contribution in [3.8, 4) is 0 Å². The summed E-state index contributed by atoms with van der Waals surface area (Å²) in [6.45, 7) is 3.27. The molecule has 0 aromatic heterocycles. The lowest BCUT2D eigenvalue weighted by Crippen LogP contribution is -2.36. The number of likely N-dealkylation sites (tertiary alicyclic amines) is 1. The van der Waals surface area contributed by atoms with Crippen LogP contribution in [0.3, 0.4) is 0 Å². The molecule has 0 aromatic carbocycles. The van der Waals surface area contributed by atoms with Gasteiger partial charge in [0.25, 0.3) is 0 Å². The van der Waals surface area contributed by atoms with E-state index in [0.717, 1.165) is 25.9 Å². The van der Waals surface area contributed by atoms with Crippen LogP contribution < -0.4 is 0 Å². The number of nitrogens with zero attached hydrogens (tertiary/aromatic N) is 1. The predicted octanol–water partition coefficient (Wildman–Crippen LogP) is 1.77. The first-order chi connectivity index (χ1) is 6.24. The highest BCUT2D eigenvalue weighted by atomic mass is 19.1. The third-order valence-electron chi connectivity index (χ3n) is 2.44. The second kappa shape index (κ2) is 5.00. The van der Waals surface area contributed by atoms with Crippen LogP contribution in [0.2, 0.25) is 0 Å². The number of carbonyl (C=O) groups is 1. The maximum absolute atomic E-state index is 11.7. The third-order valence-corrected chi connectivity index (χ3v) is 2.44. The van der Waals surface area contributed by atoms with Crippen LogP contribution in [0, 0.1) is 5.92 Å². The molecule has 2 nitrogen and oxygen atoms in total. The molecule has 0 radical (unpaired) electrons. The van der Waals surface area contributed by atoms with Crippen molar-refractivity contribution >= 4 is 5.91 Å². The van der Waals surface area contributed by atoms with E-state index in [2.05, 4.69) is 6.92 Å². The Morgan fingerprint density at radius 3 is 2.69 bits per heavy atom. The number of allylic oxidation sites excluding steroid dienone is 1. The fourth-order valence-corrected chi connectivity index (χ4v) is 1.48. The van der Waals surface area contributed by atoms with Gasteiger partial charge >= 0.3 is 0 Å². The topological polar surface area (TPSA) is 20.3 Å². The molecule has 1 aliphatic rings. The highest BCUT2D eigenvalue weighted by Crippen LogP contribution is 2.15. The molecule has 1 heterocycles. The van der Waals surface area contributed by atoms with Gasteiger partial charge < -0.3 is 4.90 Å². The number of alkyl halides is 1. The number of hydrogen-bond donors (Lipinski definition) is 0. The van der Waals surface area contributed by atoms with E-state index in [1.807, 2.05) is 0 Å². The summed E-state index contributed by atoms with van der Waals surface area (Å²) in [5, 5.41) is 0. The molecule has 74 valence electrons. The average Bonchev–Trinajstić information content (AvgIpc) is 2.15. The Morgan fingerprint density at radius 2 is 2.15 bits per heavy atom. The first kappa shape index (κ1) is 10.2. The van der Waals surface area contributed by atoms with E-state index in [-0.39, 0.29) is 5.91 Å². The SMILES string of the molecule is CC1CCN(C(=O)/C=C/CF)CC1. The van der Waals surface area contributed by atoms with Crippen molar-refractivity contribution in [3.63, 3.8) is 0 Å². The van der Waals surface area contributed by atoms with E-state index in [1.165, 1.54) is 12.2 Å². The molecule has 0 unspecified atom stereocenters. The highest BCUT2D eigenvalue weighted by Gasteiger charge is 2.17. The van der Waals surface area contributed by atoms with Crippen LogP contribution in [-0.4, -0.2) is 30.6 Å². The van der Waals surface area contributed by atoms with E-state index in [1.54, 1.807) is 4.90 Å². The Kier molecular flexibility index (Phi) is 3.93. The summed E-state index contributed by atoms with van der Waals surface area (Å²) in [4.78, 5) is 13.1. The van der Waals surface area contributed by atoms with Crippen molar-refractivity contribution in [2.75, 3.05) is 19.8 Å². The van der Waals surface area contributed by atoms with Crippen molar-refractivity contribution < 1.29 is 9.18 Å². The molecule has 1 amide bonds. The average molecular weight is 185 g/mol. The van der Waals surface area contributed by atoms with Gasteiger partial charge in [-0.15, -0.1) is 0 Å². The smallest absolute Gasteiger partial charge is 0.246 e. The number of rotatable bonds is 2. The predicted molar refractivity (Wildman–Crippen MR) is 50.1 cm³/mol. The monoisotopic (exact) mass is 185 g/mol. The summed E-state index contributed by atoms with van der Waals surface area (Å²) < 4.78 is 11.7. The number of amides is 1. The van der Waals surface area contributed by atoms with Crippen LogP contribution in [0.25, 0.3) is 0 Å². The summed E-state index contributed by atoms with van der Waals surface area (Å²) in [6.07, 6.45) is 4.72. The fraction of sp³-hybridized carbons (Fsp3) is 0.700. The summed E-state index contributed by atoms with van der Waals surface area (Å²) in [7, 11) is 0. The lowest BCUT2D eigenvalue weighted by molar-refractivity contribution is -0.127. The quantitative estimate of drug-likeness (QED) is 0.600. The number of carbonyl (C=O) groups excluding carboxylic acids is 1. The van der Waals surface area contributed by atoms with Gasteiger partial charge in [-0.25, -0.2) is 4.39 Å².